The molecule has 0 fully saturated rings. The maximum absolute atomic E-state index is 12.0. The third-order valence-corrected chi connectivity index (χ3v) is 3.96. The Balaban J connectivity index is 1.70. The number of hydrogen-bond donors (Lipinski definition) is 2. The number of thiophene rings is 1. The molecular weight excluding hydrogens is 276 g/mol. The van der Waals surface area contributed by atoms with Crippen LogP contribution in [0.2, 0.25) is 0 Å². The molecule has 2 heterocycles. The zero-order valence-electron chi connectivity index (χ0n) is 10.5. The summed E-state index contributed by atoms with van der Waals surface area (Å²) in [6.07, 6.45) is 0. The zero-order valence-corrected chi connectivity index (χ0v) is 11.3. The molecule has 0 saturated carbocycles. The first kappa shape index (κ1) is 12.7. The summed E-state index contributed by atoms with van der Waals surface area (Å²) in [7, 11) is 0. The molecule has 2 aromatic rings. The molecular formula is C14H12N2O3S. The highest BCUT2D eigenvalue weighted by molar-refractivity contribution is 7.18. The Hall–Kier alpha value is -2.34. The summed E-state index contributed by atoms with van der Waals surface area (Å²) in [6, 6.07) is 11.0. The van der Waals surface area contributed by atoms with Gasteiger partial charge in [0, 0.05) is 0 Å². The Morgan fingerprint density at radius 3 is 2.80 bits per heavy atom. The van der Waals surface area contributed by atoms with Crippen LogP contribution in [0.25, 0.3) is 0 Å². The van der Waals surface area contributed by atoms with E-state index in [1.807, 2.05) is 30.3 Å². The Labute approximate surface area is 119 Å². The molecule has 3 rings (SSSR count). The van der Waals surface area contributed by atoms with Crippen LogP contribution < -0.4 is 10.6 Å². The van der Waals surface area contributed by atoms with Gasteiger partial charge in [-0.2, -0.15) is 0 Å². The Morgan fingerprint density at radius 1 is 1.25 bits per heavy atom. The average Bonchev–Trinajstić information content (AvgIpc) is 2.91. The molecule has 0 spiro atoms. The predicted molar refractivity (Wildman–Crippen MR) is 75.8 cm³/mol. The van der Waals surface area contributed by atoms with E-state index in [1.165, 1.54) is 11.3 Å². The van der Waals surface area contributed by atoms with Crippen molar-refractivity contribution in [2.75, 3.05) is 12.0 Å². The number of rotatable bonds is 3. The fraction of sp³-hybridized carbons (Fsp3) is 0.143. The molecule has 102 valence electrons. The van der Waals surface area contributed by atoms with E-state index in [0.29, 0.717) is 22.1 Å². The minimum atomic E-state index is -0.414. The normalized spacial score (nSPS) is 13.1. The molecule has 1 aromatic heterocycles. The Kier molecular flexibility index (Phi) is 3.39. The maximum Gasteiger partial charge on any atom is 0.348 e. The molecule has 0 bridgehead atoms. The van der Waals surface area contributed by atoms with Gasteiger partial charge >= 0.3 is 5.97 Å². The number of nitrogens with one attached hydrogen (secondary N) is 2. The highest BCUT2D eigenvalue weighted by atomic mass is 32.1. The third kappa shape index (κ3) is 2.50. The van der Waals surface area contributed by atoms with Gasteiger partial charge in [0.1, 0.15) is 16.5 Å². The van der Waals surface area contributed by atoms with Crippen LogP contribution in [-0.4, -0.2) is 18.5 Å². The number of ether oxygens (including phenoxy) is 1. The number of esters is 1. The van der Waals surface area contributed by atoms with Crippen molar-refractivity contribution in [2.45, 2.75) is 6.61 Å². The number of amides is 1. The van der Waals surface area contributed by atoms with Crippen LogP contribution in [0.5, 0.6) is 0 Å². The number of fused-ring (bicyclic) bond motifs is 1. The lowest BCUT2D eigenvalue weighted by Crippen LogP contribution is -2.33. The van der Waals surface area contributed by atoms with Crippen molar-refractivity contribution in [1.29, 1.82) is 0 Å². The summed E-state index contributed by atoms with van der Waals surface area (Å²) < 4.78 is 5.24. The number of hydrogen-bond acceptors (Lipinski definition) is 5. The lowest BCUT2D eigenvalue weighted by Gasteiger charge is -2.13. The van der Waals surface area contributed by atoms with E-state index in [1.54, 1.807) is 6.07 Å². The standard InChI is InChI=1S/C14H12N2O3S/c17-12-10-6-11(20-13(10)16-8-15-12)14(18)19-7-9-4-2-1-3-5-9/h1-6,16H,7-8H2,(H,15,17). The van der Waals surface area contributed by atoms with Crippen molar-refractivity contribution in [3.8, 4) is 0 Å². The zero-order chi connectivity index (χ0) is 13.9. The Morgan fingerprint density at radius 2 is 2.05 bits per heavy atom. The van der Waals surface area contributed by atoms with Crippen LogP contribution in [0.4, 0.5) is 5.00 Å². The van der Waals surface area contributed by atoms with Gasteiger partial charge in [0.2, 0.25) is 0 Å². The van der Waals surface area contributed by atoms with Crippen molar-refractivity contribution in [3.05, 3.63) is 52.4 Å². The van der Waals surface area contributed by atoms with Gasteiger partial charge in [-0.25, -0.2) is 4.79 Å². The van der Waals surface area contributed by atoms with Crippen molar-refractivity contribution in [2.24, 2.45) is 0 Å². The molecule has 0 unspecified atom stereocenters. The smallest absolute Gasteiger partial charge is 0.348 e. The van der Waals surface area contributed by atoms with Gasteiger partial charge < -0.3 is 15.4 Å². The first-order chi connectivity index (χ1) is 9.74. The molecule has 5 nitrogen and oxygen atoms in total. The number of anilines is 1. The van der Waals surface area contributed by atoms with Crippen LogP contribution >= 0.6 is 11.3 Å². The molecule has 0 radical (unpaired) electrons. The van der Waals surface area contributed by atoms with E-state index in [4.69, 9.17) is 4.74 Å². The summed E-state index contributed by atoms with van der Waals surface area (Å²) in [4.78, 5) is 24.0. The van der Waals surface area contributed by atoms with Gasteiger partial charge in [-0.15, -0.1) is 11.3 Å². The van der Waals surface area contributed by atoms with Crippen LogP contribution in [-0.2, 0) is 11.3 Å². The van der Waals surface area contributed by atoms with E-state index in [-0.39, 0.29) is 12.5 Å². The van der Waals surface area contributed by atoms with E-state index < -0.39 is 5.97 Å². The van der Waals surface area contributed by atoms with Crippen LogP contribution in [0.15, 0.2) is 36.4 Å². The summed E-state index contributed by atoms with van der Waals surface area (Å²) in [5, 5.41) is 6.38. The molecule has 2 N–H and O–H groups in total. The first-order valence-electron chi connectivity index (χ1n) is 6.11. The fourth-order valence-corrected chi connectivity index (χ4v) is 2.83. The van der Waals surface area contributed by atoms with Gasteiger partial charge in [-0.1, -0.05) is 30.3 Å². The van der Waals surface area contributed by atoms with E-state index >= 15 is 0 Å². The lowest BCUT2D eigenvalue weighted by molar-refractivity contribution is 0.0478. The maximum atomic E-state index is 12.0. The Bertz CT molecular complexity index is 652. The third-order valence-electron chi connectivity index (χ3n) is 2.89. The lowest BCUT2D eigenvalue weighted by atomic mass is 10.2. The minimum absolute atomic E-state index is 0.169. The summed E-state index contributed by atoms with van der Waals surface area (Å²) in [5.74, 6) is -0.583. The molecule has 1 aliphatic heterocycles. The molecule has 0 atom stereocenters. The van der Waals surface area contributed by atoms with Crippen LogP contribution in [0.3, 0.4) is 0 Å². The van der Waals surface area contributed by atoms with Crippen LogP contribution in [0.1, 0.15) is 25.6 Å². The summed E-state index contributed by atoms with van der Waals surface area (Å²) in [6.45, 7) is 0.604. The molecule has 0 aliphatic carbocycles. The monoisotopic (exact) mass is 288 g/mol. The molecule has 20 heavy (non-hydrogen) atoms. The van der Waals surface area contributed by atoms with Gasteiger partial charge in [0.25, 0.3) is 5.91 Å². The SMILES string of the molecule is O=C(OCc1ccccc1)c1cc2c(s1)NCNC2=O. The molecule has 1 aliphatic rings. The van der Waals surface area contributed by atoms with Crippen molar-refractivity contribution < 1.29 is 14.3 Å². The van der Waals surface area contributed by atoms with Gasteiger partial charge in [-0.05, 0) is 11.6 Å². The van der Waals surface area contributed by atoms with Crippen LogP contribution in [0, 0.1) is 0 Å². The number of benzene rings is 1. The van der Waals surface area contributed by atoms with Gasteiger partial charge in [0.05, 0.1) is 12.2 Å². The largest absolute Gasteiger partial charge is 0.457 e. The first-order valence-corrected chi connectivity index (χ1v) is 6.92. The quantitative estimate of drug-likeness (QED) is 0.850. The average molecular weight is 288 g/mol. The molecule has 0 saturated heterocycles. The topological polar surface area (TPSA) is 67.4 Å². The van der Waals surface area contributed by atoms with E-state index in [9.17, 15) is 9.59 Å². The van der Waals surface area contributed by atoms with Crippen molar-refractivity contribution in [3.63, 3.8) is 0 Å². The van der Waals surface area contributed by atoms with Crippen molar-refractivity contribution in [1.82, 2.24) is 5.32 Å². The van der Waals surface area contributed by atoms with Gasteiger partial charge in [-0.3, -0.25) is 4.79 Å². The number of carbonyl (C=O) groups is 2. The van der Waals surface area contributed by atoms with E-state index in [0.717, 1.165) is 5.56 Å². The predicted octanol–water partition coefficient (Wildman–Crippen LogP) is 2.22. The second kappa shape index (κ2) is 5.34. The fourth-order valence-electron chi connectivity index (χ4n) is 1.89. The highest BCUT2D eigenvalue weighted by Gasteiger charge is 2.22. The molecule has 1 aromatic carbocycles. The second-order valence-electron chi connectivity index (χ2n) is 4.27. The summed E-state index contributed by atoms with van der Waals surface area (Å²) in [5.41, 5.74) is 1.42. The minimum Gasteiger partial charge on any atom is -0.457 e. The van der Waals surface area contributed by atoms with Gasteiger partial charge in [0.15, 0.2) is 0 Å². The number of carbonyl (C=O) groups excluding carboxylic acids is 2. The highest BCUT2D eigenvalue weighted by Crippen LogP contribution is 2.30. The molecule has 6 heteroatoms. The summed E-state index contributed by atoms with van der Waals surface area (Å²) >= 11 is 1.24. The molecule has 1 amide bonds. The second-order valence-corrected chi connectivity index (χ2v) is 5.33. The van der Waals surface area contributed by atoms with E-state index in [2.05, 4.69) is 10.6 Å². The van der Waals surface area contributed by atoms with Crippen molar-refractivity contribution >= 4 is 28.2 Å².